The molecule has 0 saturated carbocycles. The SMILES string of the molecule is C=CCC(N)C(=O)N1CCC(C(C)C)CC1. The van der Waals surface area contributed by atoms with Crippen molar-refractivity contribution in [3.63, 3.8) is 0 Å². The normalized spacial score (nSPS) is 19.9. The van der Waals surface area contributed by atoms with E-state index in [9.17, 15) is 4.79 Å². The Morgan fingerprint density at radius 1 is 1.50 bits per heavy atom. The predicted molar refractivity (Wildman–Crippen MR) is 66.9 cm³/mol. The number of carbonyl (C=O) groups is 1. The van der Waals surface area contributed by atoms with Gasteiger partial charge in [-0.2, -0.15) is 0 Å². The minimum Gasteiger partial charge on any atom is -0.341 e. The number of rotatable bonds is 4. The van der Waals surface area contributed by atoms with Crippen LogP contribution >= 0.6 is 0 Å². The molecular weight excluding hydrogens is 200 g/mol. The number of piperidine rings is 1. The van der Waals surface area contributed by atoms with Gasteiger partial charge in [0.2, 0.25) is 5.91 Å². The number of nitrogens with two attached hydrogens (primary N) is 1. The van der Waals surface area contributed by atoms with Crippen LogP contribution in [0.2, 0.25) is 0 Å². The molecule has 0 aromatic carbocycles. The lowest BCUT2D eigenvalue weighted by molar-refractivity contribution is -0.134. The van der Waals surface area contributed by atoms with E-state index in [1.165, 1.54) is 0 Å². The van der Waals surface area contributed by atoms with E-state index < -0.39 is 6.04 Å². The topological polar surface area (TPSA) is 46.3 Å². The van der Waals surface area contributed by atoms with Gasteiger partial charge >= 0.3 is 0 Å². The summed E-state index contributed by atoms with van der Waals surface area (Å²) >= 11 is 0. The Morgan fingerprint density at radius 2 is 2.06 bits per heavy atom. The standard InChI is InChI=1S/C13H24N2O/c1-4-5-12(14)13(16)15-8-6-11(7-9-15)10(2)3/h4,10-12H,1,5-9,14H2,2-3H3. The van der Waals surface area contributed by atoms with E-state index in [1.54, 1.807) is 6.08 Å². The number of nitrogens with zero attached hydrogens (tertiary/aromatic N) is 1. The molecule has 1 saturated heterocycles. The van der Waals surface area contributed by atoms with Gasteiger partial charge < -0.3 is 10.6 Å². The summed E-state index contributed by atoms with van der Waals surface area (Å²) < 4.78 is 0. The molecule has 1 rings (SSSR count). The Hall–Kier alpha value is -0.830. The Labute approximate surface area is 98.7 Å². The van der Waals surface area contributed by atoms with Crippen molar-refractivity contribution < 1.29 is 4.79 Å². The van der Waals surface area contributed by atoms with E-state index in [2.05, 4.69) is 20.4 Å². The first-order chi connectivity index (χ1) is 7.56. The molecular formula is C13H24N2O. The maximum Gasteiger partial charge on any atom is 0.239 e. The van der Waals surface area contributed by atoms with Gasteiger partial charge in [0.05, 0.1) is 6.04 Å². The van der Waals surface area contributed by atoms with Crippen molar-refractivity contribution in [1.82, 2.24) is 4.90 Å². The highest BCUT2D eigenvalue weighted by Gasteiger charge is 2.26. The molecule has 1 fully saturated rings. The van der Waals surface area contributed by atoms with Crippen LogP contribution in [0.3, 0.4) is 0 Å². The van der Waals surface area contributed by atoms with Crippen molar-refractivity contribution >= 4 is 5.91 Å². The second kappa shape index (κ2) is 6.04. The van der Waals surface area contributed by atoms with Crippen LogP contribution in [-0.4, -0.2) is 29.9 Å². The fraction of sp³-hybridized carbons (Fsp3) is 0.769. The van der Waals surface area contributed by atoms with Gasteiger partial charge in [-0.15, -0.1) is 6.58 Å². The zero-order valence-corrected chi connectivity index (χ0v) is 10.5. The monoisotopic (exact) mass is 224 g/mol. The molecule has 0 radical (unpaired) electrons. The highest BCUT2D eigenvalue weighted by atomic mass is 16.2. The third-order valence-electron chi connectivity index (χ3n) is 3.53. The first-order valence-corrected chi connectivity index (χ1v) is 6.21. The molecule has 1 atom stereocenters. The molecule has 3 nitrogen and oxygen atoms in total. The van der Waals surface area contributed by atoms with E-state index in [4.69, 9.17) is 5.73 Å². The van der Waals surface area contributed by atoms with E-state index in [0.717, 1.165) is 37.8 Å². The van der Waals surface area contributed by atoms with E-state index in [-0.39, 0.29) is 5.91 Å². The summed E-state index contributed by atoms with van der Waals surface area (Å²) in [7, 11) is 0. The number of hydrogen-bond acceptors (Lipinski definition) is 2. The average molecular weight is 224 g/mol. The molecule has 92 valence electrons. The largest absolute Gasteiger partial charge is 0.341 e. The van der Waals surface area contributed by atoms with E-state index >= 15 is 0 Å². The third-order valence-corrected chi connectivity index (χ3v) is 3.53. The van der Waals surface area contributed by atoms with Crippen LogP contribution in [0.5, 0.6) is 0 Å². The Balaban J connectivity index is 2.41. The first-order valence-electron chi connectivity index (χ1n) is 6.21. The number of amides is 1. The predicted octanol–water partition coefficient (Wildman–Crippen LogP) is 1.78. The second-order valence-electron chi connectivity index (χ2n) is 5.04. The van der Waals surface area contributed by atoms with Gasteiger partial charge in [0.1, 0.15) is 0 Å². The van der Waals surface area contributed by atoms with Gasteiger partial charge in [-0.1, -0.05) is 19.9 Å². The van der Waals surface area contributed by atoms with Crippen molar-refractivity contribution in [3.05, 3.63) is 12.7 Å². The molecule has 1 aliphatic heterocycles. The fourth-order valence-electron chi connectivity index (χ4n) is 2.30. The Bertz CT molecular complexity index is 242. The van der Waals surface area contributed by atoms with Gasteiger partial charge in [0.25, 0.3) is 0 Å². The molecule has 3 heteroatoms. The quantitative estimate of drug-likeness (QED) is 0.740. The van der Waals surface area contributed by atoms with Crippen LogP contribution in [0.15, 0.2) is 12.7 Å². The lowest BCUT2D eigenvalue weighted by atomic mass is 9.86. The van der Waals surface area contributed by atoms with Crippen molar-refractivity contribution in [2.75, 3.05) is 13.1 Å². The fourth-order valence-corrected chi connectivity index (χ4v) is 2.30. The molecule has 2 N–H and O–H groups in total. The first kappa shape index (κ1) is 13.2. The Kier molecular flexibility index (Phi) is 5.00. The summed E-state index contributed by atoms with van der Waals surface area (Å²) in [5.41, 5.74) is 5.79. The zero-order chi connectivity index (χ0) is 12.1. The number of carbonyl (C=O) groups excluding carboxylic acids is 1. The van der Waals surface area contributed by atoms with Gasteiger partial charge in [-0.3, -0.25) is 4.79 Å². The van der Waals surface area contributed by atoms with Crippen molar-refractivity contribution in [2.24, 2.45) is 17.6 Å². The van der Waals surface area contributed by atoms with Crippen molar-refractivity contribution in [1.29, 1.82) is 0 Å². The zero-order valence-electron chi connectivity index (χ0n) is 10.5. The summed E-state index contributed by atoms with van der Waals surface area (Å²) in [6.07, 6.45) is 4.51. The summed E-state index contributed by atoms with van der Waals surface area (Å²) in [6, 6.07) is -0.395. The smallest absolute Gasteiger partial charge is 0.239 e. The van der Waals surface area contributed by atoms with Crippen LogP contribution < -0.4 is 5.73 Å². The highest BCUT2D eigenvalue weighted by molar-refractivity contribution is 5.81. The molecule has 0 spiro atoms. The molecule has 0 bridgehead atoms. The van der Waals surface area contributed by atoms with Crippen molar-refractivity contribution in [2.45, 2.75) is 39.2 Å². The van der Waals surface area contributed by atoms with Gasteiger partial charge in [-0.25, -0.2) is 0 Å². The lowest BCUT2D eigenvalue weighted by Crippen LogP contribution is -2.47. The molecule has 0 aromatic heterocycles. The molecule has 1 amide bonds. The molecule has 0 aliphatic carbocycles. The van der Waals surface area contributed by atoms with E-state index in [1.807, 2.05) is 4.90 Å². The Morgan fingerprint density at radius 3 is 2.50 bits per heavy atom. The second-order valence-corrected chi connectivity index (χ2v) is 5.04. The number of hydrogen-bond donors (Lipinski definition) is 1. The molecule has 1 heterocycles. The maximum absolute atomic E-state index is 11.9. The minimum absolute atomic E-state index is 0.0853. The van der Waals surface area contributed by atoms with E-state index in [0.29, 0.717) is 6.42 Å². The van der Waals surface area contributed by atoms with Crippen LogP contribution in [0.1, 0.15) is 33.1 Å². The van der Waals surface area contributed by atoms with Crippen LogP contribution in [0.4, 0.5) is 0 Å². The van der Waals surface area contributed by atoms with Crippen LogP contribution in [0, 0.1) is 11.8 Å². The van der Waals surface area contributed by atoms with Crippen LogP contribution in [-0.2, 0) is 4.79 Å². The van der Waals surface area contributed by atoms with Crippen LogP contribution in [0.25, 0.3) is 0 Å². The molecule has 16 heavy (non-hydrogen) atoms. The number of likely N-dealkylation sites (tertiary alicyclic amines) is 1. The minimum atomic E-state index is -0.395. The summed E-state index contributed by atoms with van der Waals surface area (Å²) in [5, 5.41) is 0. The average Bonchev–Trinajstić information content (AvgIpc) is 2.28. The molecule has 0 aromatic rings. The van der Waals surface area contributed by atoms with Gasteiger partial charge in [0.15, 0.2) is 0 Å². The summed E-state index contributed by atoms with van der Waals surface area (Å²) in [4.78, 5) is 13.8. The van der Waals surface area contributed by atoms with Gasteiger partial charge in [0, 0.05) is 13.1 Å². The summed E-state index contributed by atoms with van der Waals surface area (Å²) in [6.45, 7) is 9.86. The third kappa shape index (κ3) is 3.34. The van der Waals surface area contributed by atoms with Crippen molar-refractivity contribution in [3.8, 4) is 0 Å². The molecule has 1 unspecified atom stereocenters. The lowest BCUT2D eigenvalue weighted by Gasteiger charge is -2.35. The van der Waals surface area contributed by atoms with Gasteiger partial charge in [-0.05, 0) is 31.1 Å². The maximum atomic E-state index is 11.9. The molecule has 1 aliphatic rings. The highest BCUT2D eigenvalue weighted by Crippen LogP contribution is 2.24. The summed E-state index contributed by atoms with van der Waals surface area (Å²) in [5.74, 6) is 1.57.